The number of para-hydroxylation sites is 1. The molecule has 0 spiro atoms. The molecule has 1 N–H and O–H groups in total. The Labute approximate surface area is 302 Å². The van der Waals surface area contributed by atoms with E-state index in [9.17, 15) is 15.2 Å². The first-order valence-corrected chi connectivity index (χ1v) is 18.8. The summed E-state index contributed by atoms with van der Waals surface area (Å²) < 4.78 is 2.39. The molecule has 4 aromatic heterocycles. The van der Waals surface area contributed by atoms with E-state index >= 15 is 0 Å². The summed E-state index contributed by atoms with van der Waals surface area (Å²) in [4.78, 5) is 23.7. The minimum Gasteiger partial charge on any atom is -0.477 e. The lowest BCUT2D eigenvalue weighted by molar-refractivity contribution is -0.132. The van der Waals surface area contributed by atoms with Crippen molar-refractivity contribution in [3.05, 3.63) is 125 Å². The van der Waals surface area contributed by atoms with Gasteiger partial charge in [-0.3, -0.25) is 4.99 Å². The van der Waals surface area contributed by atoms with E-state index < -0.39 is 5.97 Å². The fourth-order valence-electron chi connectivity index (χ4n) is 6.71. The maximum absolute atomic E-state index is 11.3. The van der Waals surface area contributed by atoms with Crippen LogP contribution in [-0.2, 0) is 16.8 Å². The minimum absolute atomic E-state index is 0.293. The van der Waals surface area contributed by atoms with E-state index in [4.69, 9.17) is 4.99 Å². The van der Waals surface area contributed by atoms with E-state index in [1.165, 1.54) is 57.8 Å². The first-order valence-electron chi connectivity index (χ1n) is 16.3. The molecule has 1 aliphatic rings. The number of allylic oxidation sites excluding steroid dienone is 1. The van der Waals surface area contributed by atoms with Gasteiger partial charge in [-0.05, 0) is 109 Å². The molecule has 0 saturated carbocycles. The second-order valence-corrected chi connectivity index (χ2v) is 16.0. The van der Waals surface area contributed by atoms with Crippen LogP contribution in [0.25, 0.3) is 63.9 Å². The normalized spacial score (nSPS) is 14.0. The van der Waals surface area contributed by atoms with Crippen LogP contribution in [0.4, 0.5) is 5.69 Å². The summed E-state index contributed by atoms with van der Waals surface area (Å²) in [5.41, 5.74) is 6.63. The lowest BCUT2D eigenvalue weighted by Gasteiger charge is -2.20. The number of nitriles is 1. The van der Waals surface area contributed by atoms with Crippen molar-refractivity contribution >= 4 is 85.3 Å². The molecule has 0 bridgehead atoms. The number of benzene rings is 3. The van der Waals surface area contributed by atoms with Crippen LogP contribution < -0.4 is 0 Å². The Morgan fingerprint density at radius 1 is 0.820 bits per heavy atom. The van der Waals surface area contributed by atoms with Crippen LogP contribution in [0, 0.1) is 11.3 Å². The standard InChI is InChI=1S/C42H31N3O2S3/c1-4-45-33-8-6-5-7-29(33)30-23-26(10-14-34(30)45)35-16-17-38(49-35)39-19-18-37(50-39)36-15-11-28(48-36)12-20-40-42(2,3)31-22-25(9-13-32(31)44-40)21-27(24-43)41(46)47/h5-23H,4H2,1-3H3,(H,46,47)/b20-12+,27-21+. The Morgan fingerprint density at radius 3 is 2.24 bits per heavy atom. The lowest BCUT2D eigenvalue weighted by atomic mass is 9.80. The molecule has 3 aromatic carbocycles. The van der Waals surface area contributed by atoms with Gasteiger partial charge in [0.2, 0.25) is 0 Å². The highest BCUT2D eigenvalue weighted by Gasteiger charge is 2.33. The quantitative estimate of drug-likeness (QED) is 0.126. The maximum atomic E-state index is 11.3. The summed E-state index contributed by atoms with van der Waals surface area (Å²) >= 11 is 5.42. The number of aryl methyl sites for hydroxylation is 1. The van der Waals surface area contributed by atoms with E-state index in [1.807, 2.05) is 34.8 Å². The number of aliphatic carboxylic acids is 1. The SMILES string of the molecule is CCn1c2ccccc2c2cc(-c3ccc(-c4ccc(-c5ccc(/C=C/C6=Nc7ccc(/C=C(\C#N)C(=O)O)cc7C6(C)C)s5)s4)s3)ccc21. The fraction of sp³-hybridized carbons (Fsp3) is 0.119. The zero-order valence-electron chi connectivity index (χ0n) is 27.6. The van der Waals surface area contributed by atoms with Crippen LogP contribution in [-0.4, -0.2) is 21.4 Å². The first-order chi connectivity index (χ1) is 24.2. The van der Waals surface area contributed by atoms with Crippen molar-refractivity contribution in [2.45, 2.75) is 32.7 Å². The summed E-state index contributed by atoms with van der Waals surface area (Å²) in [7, 11) is 0. The van der Waals surface area contributed by atoms with Gasteiger partial charge >= 0.3 is 5.97 Å². The Morgan fingerprint density at radius 2 is 1.50 bits per heavy atom. The minimum atomic E-state index is -1.23. The van der Waals surface area contributed by atoms with Gasteiger partial charge in [0.1, 0.15) is 11.6 Å². The van der Waals surface area contributed by atoms with Crippen LogP contribution in [0.2, 0.25) is 0 Å². The van der Waals surface area contributed by atoms with Gasteiger partial charge in [-0.2, -0.15) is 5.26 Å². The molecule has 7 aromatic rings. The van der Waals surface area contributed by atoms with Crippen LogP contribution >= 0.6 is 34.0 Å². The number of aromatic nitrogens is 1. The number of hydrogen-bond donors (Lipinski definition) is 1. The van der Waals surface area contributed by atoms with Crippen LogP contribution in [0.15, 0.2) is 114 Å². The average molecular weight is 706 g/mol. The molecule has 8 rings (SSSR count). The van der Waals surface area contributed by atoms with Gasteiger partial charge in [-0.15, -0.1) is 34.0 Å². The number of thiophene rings is 3. The van der Waals surface area contributed by atoms with Crippen molar-refractivity contribution in [1.29, 1.82) is 5.26 Å². The van der Waals surface area contributed by atoms with Crippen molar-refractivity contribution in [3.63, 3.8) is 0 Å². The molecule has 0 atom stereocenters. The number of carboxylic acid groups (broad SMARTS) is 1. The molecule has 5 nitrogen and oxygen atoms in total. The summed E-state index contributed by atoms with van der Waals surface area (Å²) in [6, 6.07) is 36.2. The monoisotopic (exact) mass is 705 g/mol. The van der Waals surface area contributed by atoms with E-state index in [2.05, 4.69) is 116 Å². The smallest absolute Gasteiger partial charge is 0.346 e. The van der Waals surface area contributed by atoms with E-state index in [-0.39, 0.29) is 11.0 Å². The molecule has 0 amide bonds. The molecule has 244 valence electrons. The molecule has 5 heterocycles. The van der Waals surface area contributed by atoms with Crippen LogP contribution in [0.1, 0.15) is 36.8 Å². The lowest BCUT2D eigenvalue weighted by Crippen LogP contribution is -2.23. The largest absolute Gasteiger partial charge is 0.477 e. The molecular formula is C42H31N3O2S3. The summed E-state index contributed by atoms with van der Waals surface area (Å²) in [6.07, 6.45) is 5.60. The second kappa shape index (κ2) is 12.5. The Balaban J connectivity index is 0.995. The van der Waals surface area contributed by atoms with Gasteiger partial charge in [0.25, 0.3) is 0 Å². The van der Waals surface area contributed by atoms with Crippen molar-refractivity contribution in [1.82, 2.24) is 4.57 Å². The van der Waals surface area contributed by atoms with Gasteiger partial charge in [0.05, 0.1) is 11.4 Å². The highest BCUT2D eigenvalue weighted by Crippen LogP contribution is 2.44. The van der Waals surface area contributed by atoms with Gasteiger partial charge in [0.15, 0.2) is 0 Å². The Hall–Kier alpha value is -5.33. The van der Waals surface area contributed by atoms with E-state index in [0.717, 1.165) is 28.4 Å². The average Bonchev–Trinajstić information content (AvgIpc) is 3.96. The molecular weight excluding hydrogens is 675 g/mol. The van der Waals surface area contributed by atoms with Gasteiger partial charge < -0.3 is 9.67 Å². The van der Waals surface area contributed by atoms with Gasteiger partial charge in [0, 0.05) is 63.0 Å². The molecule has 0 saturated heterocycles. The molecule has 0 unspecified atom stereocenters. The molecule has 50 heavy (non-hydrogen) atoms. The summed E-state index contributed by atoms with van der Waals surface area (Å²) in [5, 5.41) is 21.0. The zero-order valence-corrected chi connectivity index (χ0v) is 30.0. The third-order valence-electron chi connectivity index (χ3n) is 9.34. The Bertz CT molecular complexity index is 2610. The zero-order chi connectivity index (χ0) is 34.6. The number of fused-ring (bicyclic) bond motifs is 4. The van der Waals surface area contributed by atoms with E-state index in [1.54, 1.807) is 23.5 Å². The summed E-state index contributed by atoms with van der Waals surface area (Å²) in [5.74, 6) is -1.23. The molecule has 0 aliphatic carbocycles. The van der Waals surface area contributed by atoms with Gasteiger partial charge in [-0.25, -0.2) is 4.79 Å². The van der Waals surface area contributed by atoms with Crippen LogP contribution in [0.3, 0.4) is 0 Å². The number of rotatable bonds is 8. The van der Waals surface area contributed by atoms with Crippen molar-refractivity contribution < 1.29 is 9.90 Å². The molecule has 0 fully saturated rings. The van der Waals surface area contributed by atoms with Crippen LogP contribution in [0.5, 0.6) is 0 Å². The number of hydrogen-bond acceptors (Lipinski definition) is 6. The highest BCUT2D eigenvalue weighted by molar-refractivity contribution is 7.27. The number of aliphatic imine (C=N–C) groups is 1. The molecule has 0 radical (unpaired) electrons. The van der Waals surface area contributed by atoms with Crippen molar-refractivity contribution in [3.8, 4) is 36.0 Å². The van der Waals surface area contributed by atoms with E-state index in [0.29, 0.717) is 5.56 Å². The number of nitrogens with zero attached hydrogens (tertiary/aromatic N) is 3. The third-order valence-corrected chi connectivity index (χ3v) is 13.0. The van der Waals surface area contributed by atoms with Crippen molar-refractivity contribution in [2.24, 2.45) is 4.99 Å². The first kappa shape index (κ1) is 31.9. The second-order valence-electron chi connectivity index (χ2n) is 12.7. The predicted molar refractivity (Wildman–Crippen MR) is 212 cm³/mol. The number of carboxylic acids is 1. The van der Waals surface area contributed by atoms with Gasteiger partial charge in [-0.1, -0.05) is 44.2 Å². The number of carbonyl (C=O) groups is 1. The summed E-state index contributed by atoms with van der Waals surface area (Å²) in [6.45, 7) is 7.38. The third kappa shape index (κ3) is 5.54. The highest BCUT2D eigenvalue weighted by atomic mass is 32.1. The predicted octanol–water partition coefficient (Wildman–Crippen LogP) is 12.1. The van der Waals surface area contributed by atoms with Crippen molar-refractivity contribution in [2.75, 3.05) is 0 Å². The Kier molecular flexibility index (Phi) is 7.99. The fourth-order valence-corrected chi connectivity index (χ4v) is 9.81. The maximum Gasteiger partial charge on any atom is 0.346 e. The topological polar surface area (TPSA) is 78.4 Å². The molecule has 8 heteroatoms. The molecule has 1 aliphatic heterocycles.